The Morgan fingerprint density at radius 1 is 1.18 bits per heavy atom. The zero-order valence-corrected chi connectivity index (χ0v) is 12.4. The molecule has 0 saturated heterocycles. The molecule has 2 atom stereocenters. The minimum atomic E-state index is 0.565. The van der Waals surface area contributed by atoms with Crippen molar-refractivity contribution in [2.24, 2.45) is 11.8 Å². The van der Waals surface area contributed by atoms with Crippen LogP contribution in [0.4, 0.5) is 0 Å². The summed E-state index contributed by atoms with van der Waals surface area (Å²) in [6, 6.07) is 0.565. The first-order valence-corrected chi connectivity index (χ1v) is 7.60. The molecule has 0 spiro atoms. The highest BCUT2D eigenvalue weighted by molar-refractivity contribution is 7.80. The van der Waals surface area contributed by atoms with Crippen molar-refractivity contribution in [3.05, 3.63) is 0 Å². The summed E-state index contributed by atoms with van der Waals surface area (Å²) in [7, 11) is 0. The number of nitrogens with one attached hydrogen (secondary N) is 2. The van der Waals surface area contributed by atoms with E-state index in [0.29, 0.717) is 6.04 Å². The lowest BCUT2D eigenvalue weighted by Gasteiger charge is -2.36. The lowest BCUT2D eigenvalue weighted by Crippen LogP contribution is -2.49. The summed E-state index contributed by atoms with van der Waals surface area (Å²) >= 11 is 5.37. The van der Waals surface area contributed by atoms with E-state index >= 15 is 0 Å². The van der Waals surface area contributed by atoms with Gasteiger partial charge in [0.25, 0.3) is 0 Å². The fourth-order valence-corrected chi connectivity index (χ4v) is 2.98. The largest absolute Gasteiger partial charge is 0.363 e. The van der Waals surface area contributed by atoms with Crippen LogP contribution < -0.4 is 10.6 Å². The number of hydrogen-bond donors (Lipinski definition) is 2. The third kappa shape index (κ3) is 5.24. The molecule has 0 radical (unpaired) electrons. The first-order chi connectivity index (χ1) is 8.15. The van der Waals surface area contributed by atoms with Gasteiger partial charge in [-0.1, -0.05) is 40.0 Å². The van der Waals surface area contributed by atoms with Gasteiger partial charge in [-0.25, -0.2) is 0 Å². The zero-order valence-electron chi connectivity index (χ0n) is 11.6. The van der Waals surface area contributed by atoms with E-state index in [0.717, 1.165) is 23.5 Å². The van der Waals surface area contributed by atoms with Crippen LogP contribution in [0.3, 0.4) is 0 Å². The summed E-state index contributed by atoms with van der Waals surface area (Å²) in [6.07, 6.45) is 7.80. The van der Waals surface area contributed by atoms with Crippen molar-refractivity contribution in [3.63, 3.8) is 0 Å². The number of thiocarbonyl (C=S) groups is 1. The van der Waals surface area contributed by atoms with E-state index in [2.05, 4.69) is 31.4 Å². The van der Waals surface area contributed by atoms with Crippen LogP contribution >= 0.6 is 12.2 Å². The van der Waals surface area contributed by atoms with Gasteiger partial charge in [0.2, 0.25) is 0 Å². The van der Waals surface area contributed by atoms with Crippen molar-refractivity contribution in [1.82, 2.24) is 10.6 Å². The van der Waals surface area contributed by atoms with Gasteiger partial charge in [0, 0.05) is 12.6 Å². The van der Waals surface area contributed by atoms with E-state index in [4.69, 9.17) is 12.2 Å². The molecule has 1 rings (SSSR count). The molecule has 1 aliphatic carbocycles. The van der Waals surface area contributed by atoms with Gasteiger partial charge >= 0.3 is 0 Å². The van der Waals surface area contributed by atoms with E-state index in [1.165, 1.54) is 38.5 Å². The second-order valence-electron chi connectivity index (χ2n) is 5.52. The predicted octanol–water partition coefficient (Wildman–Crippen LogP) is 3.47. The third-order valence-electron chi connectivity index (χ3n) is 3.91. The van der Waals surface area contributed by atoms with E-state index in [9.17, 15) is 0 Å². The first kappa shape index (κ1) is 14.7. The van der Waals surface area contributed by atoms with Crippen LogP contribution in [-0.2, 0) is 0 Å². The molecule has 2 unspecified atom stereocenters. The second-order valence-corrected chi connectivity index (χ2v) is 5.93. The van der Waals surface area contributed by atoms with Crippen LogP contribution in [0.2, 0.25) is 0 Å². The Morgan fingerprint density at radius 3 is 2.41 bits per heavy atom. The number of rotatable bonds is 5. The SMILES string of the molecule is CCCCCNC(=S)NC1C(C)CCCC1C. The predicted molar refractivity (Wildman–Crippen MR) is 79.2 cm³/mol. The quantitative estimate of drug-likeness (QED) is 0.582. The van der Waals surface area contributed by atoms with Crippen LogP contribution in [0, 0.1) is 11.8 Å². The molecule has 3 heteroatoms. The Labute approximate surface area is 112 Å². The van der Waals surface area contributed by atoms with Crippen LogP contribution in [0.15, 0.2) is 0 Å². The van der Waals surface area contributed by atoms with Crippen LogP contribution in [-0.4, -0.2) is 17.7 Å². The van der Waals surface area contributed by atoms with Gasteiger partial charge in [0.05, 0.1) is 0 Å². The van der Waals surface area contributed by atoms with Crippen molar-refractivity contribution >= 4 is 17.3 Å². The topological polar surface area (TPSA) is 24.1 Å². The van der Waals surface area contributed by atoms with Gasteiger partial charge in [-0.2, -0.15) is 0 Å². The Hall–Kier alpha value is -0.310. The normalized spacial score (nSPS) is 28.8. The van der Waals surface area contributed by atoms with Crippen molar-refractivity contribution in [1.29, 1.82) is 0 Å². The van der Waals surface area contributed by atoms with E-state index in [1.807, 2.05) is 0 Å². The molecule has 0 heterocycles. The Bertz CT molecular complexity index is 220. The van der Waals surface area contributed by atoms with Gasteiger partial charge in [0.1, 0.15) is 0 Å². The molecule has 1 saturated carbocycles. The maximum absolute atomic E-state index is 5.37. The highest BCUT2D eigenvalue weighted by Crippen LogP contribution is 2.28. The van der Waals surface area contributed by atoms with Crippen LogP contribution in [0.5, 0.6) is 0 Å². The molecular weight excluding hydrogens is 228 g/mol. The van der Waals surface area contributed by atoms with E-state index in [-0.39, 0.29) is 0 Å². The van der Waals surface area contributed by atoms with Crippen molar-refractivity contribution < 1.29 is 0 Å². The smallest absolute Gasteiger partial charge is 0.166 e. The van der Waals surface area contributed by atoms with Gasteiger partial charge < -0.3 is 10.6 Å². The maximum atomic E-state index is 5.37. The van der Waals surface area contributed by atoms with E-state index in [1.54, 1.807) is 0 Å². The molecule has 100 valence electrons. The molecule has 0 aromatic heterocycles. The molecule has 1 aliphatic rings. The van der Waals surface area contributed by atoms with Gasteiger partial charge in [-0.3, -0.25) is 0 Å². The average molecular weight is 256 g/mol. The Kier molecular flexibility index (Phi) is 6.86. The standard InChI is InChI=1S/C14H28N2S/c1-4-5-6-10-15-14(17)16-13-11(2)8-7-9-12(13)3/h11-13H,4-10H2,1-3H3,(H2,15,16,17). The first-order valence-electron chi connectivity index (χ1n) is 7.19. The van der Waals surface area contributed by atoms with Gasteiger partial charge in [-0.15, -0.1) is 0 Å². The van der Waals surface area contributed by atoms with Crippen molar-refractivity contribution in [2.75, 3.05) is 6.54 Å². The molecule has 1 fully saturated rings. The maximum Gasteiger partial charge on any atom is 0.166 e. The number of unbranched alkanes of at least 4 members (excludes halogenated alkanes) is 2. The summed E-state index contributed by atoms with van der Waals surface area (Å²) in [6.45, 7) is 7.91. The molecule has 2 N–H and O–H groups in total. The average Bonchev–Trinajstić information content (AvgIpc) is 2.30. The minimum absolute atomic E-state index is 0.565. The summed E-state index contributed by atoms with van der Waals surface area (Å²) in [5.41, 5.74) is 0. The van der Waals surface area contributed by atoms with E-state index < -0.39 is 0 Å². The molecular formula is C14H28N2S. The molecule has 0 aromatic rings. The summed E-state index contributed by atoms with van der Waals surface area (Å²) in [5.74, 6) is 1.49. The molecule has 0 bridgehead atoms. The van der Waals surface area contributed by atoms with Gasteiger partial charge in [-0.05, 0) is 43.3 Å². The fourth-order valence-electron chi connectivity index (χ4n) is 2.75. The zero-order chi connectivity index (χ0) is 12.7. The Balaban J connectivity index is 2.24. The minimum Gasteiger partial charge on any atom is -0.363 e. The third-order valence-corrected chi connectivity index (χ3v) is 4.17. The molecule has 17 heavy (non-hydrogen) atoms. The molecule has 0 amide bonds. The lowest BCUT2D eigenvalue weighted by molar-refractivity contribution is 0.231. The fraction of sp³-hybridized carbons (Fsp3) is 0.929. The summed E-state index contributed by atoms with van der Waals surface area (Å²) < 4.78 is 0. The molecule has 0 aliphatic heterocycles. The van der Waals surface area contributed by atoms with Crippen LogP contribution in [0.1, 0.15) is 59.3 Å². The molecule has 0 aromatic carbocycles. The monoisotopic (exact) mass is 256 g/mol. The highest BCUT2D eigenvalue weighted by Gasteiger charge is 2.27. The summed E-state index contributed by atoms with van der Waals surface area (Å²) in [5, 5.41) is 7.70. The van der Waals surface area contributed by atoms with Gasteiger partial charge in [0.15, 0.2) is 5.11 Å². The second kappa shape index (κ2) is 7.91. The van der Waals surface area contributed by atoms with Crippen molar-refractivity contribution in [3.8, 4) is 0 Å². The lowest BCUT2D eigenvalue weighted by atomic mass is 9.79. The highest BCUT2D eigenvalue weighted by atomic mass is 32.1. The van der Waals surface area contributed by atoms with Crippen molar-refractivity contribution in [2.45, 2.75) is 65.3 Å². The van der Waals surface area contributed by atoms with Crippen LogP contribution in [0.25, 0.3) is 0 Å². The molecule has 2 nitrogen and oxygen atoms in total. The summed E-state index contributed by atoms with van der Waals surface area (Å²) in [4.78, 5) is 0. The Morgan fingerprint density at radius 2 is 1.82 bits per heavy atom. The number of hydrogen-bond acceptors (Lipinski definition) is 1.